The van der Waals surface area contributed by atoms with Gasteiger partial charge in [0.1, 0.15) is 5.75 Å². The van der Waals surface area contributed by atoms with Gasteiger partial charge in [-0.2, -0.15) is 4.31 Å². The molecule has 10 heteroatoms. The third-order valence-corrected chi connectivity index (χ3v) is 7.11. The van der Waals surface area contributed by atoms with Crippen molar-refractivity contribution in [2.75, 3.05) is 45.7 Å². The van der Waals surface area contributed by atoms with Crippen LogP contribution in [0.5, 0.6) is 5.75 Å². The molecule has 0 saturated carbocycles. The lowest BCUT2D eigenvalue weighted by Gasteiger charge is -2.31. The van der Waals surface area contributed by atoms with Crippen molar-refractivity contribution in [1.29, 1.82) is 0 Å². The normalized spacial score (nSPS) is 15.4. The van der Waals surface area contributed by atoms with Crippen molar-refractivity contribution >= 4 is 45.0 Å². The van der Waals surface area contributed by atoms with Gasteiger partial charge in [0, 0.05) is 37.9 Å². The monoisotopic (exact) mass is 474 g/mol. The van der Waals surface area contributed by atoms with E-state index in [-0.39, 0.29) is 15.9 Å². The lowest BCUT2D eigenvalue weighted by Crippen LogP contribution is -2.46. The maximum atomic E-state index is 12.8. The van der Waals surface area contributed by atoms with Gasteiger partial charge in [0.25, 0.3) is 0 Å². The molecule has 1 fully saturated rings. The summed E-state index contributed by atoms with van der Waals surface area (Å²) in [6.45, 7) is 2.36. The Kier molecular flexibility index (Phi) is 7.97. The lowest BCUT2D eigenvalue weighted by molar-refractivity contribution is -0.115. The second-order valence-electron chi connectivity index (χ2n) is 7.28. The number of ether oxygens (including phenoxy) is 1. The van der Waals surface area contributed by atoms with Gasteiger partial charge < -0.3 is 15.0 Å². The van der Waals surface area contributed by atoms with Crippen LogP contribution in [0.1, 0.15) is 5.56 Å². The van der Waals surface area contributed by atoms with Crippen molar-refractivity contribution in [3.05, 3.63) is 60.2 Å². The van der Waals surface area contributed by atoms with E-state index >= 15 is 0 Å². The molecule has 2 aromatic rings. The van der Waals surface area contributed by atoms with Gasteiger partial charge in [0.05, 0.1) is 12.0 Å². The first-order chi connectivity index (χ1) is 15.3. The van der Waals surface area contributed by atoms with Gasteiger partial charge in [0.15, 0.2) is 5.11 Å². The molecule has 1 aliphatic heterocycles. The zero-order valence-electron chi connectivity index (χ0n) is 17.9. The van der Waals surface area contributed by atoms with Crippen molar-refractivity contribution in [2.45, 2.75) is 4.90 Å². The predicted molar refractivity (Wildman–Crippen MR) is 129 cm³/mol. The van der Waals surface area contributed by atoms with Crippen molar-refractivity contribution in [1.82, 2.24) is 14.5 Å². The average Bonchev–Trinajstić information content (AvgIpc) is 2.78. The third-order valence-electron chi connectivity index (χ3n) is 4.99. The highest BCUT2D eigenvalue weighted by Gasteiger charge is 2.27. The van der Waals surface area contributed by atoms with Crippen LogP contribution in [0.4, 0.5) is 5.69 Å². The summed E-state index contributed by atoms with van der Waals surface area (Å²) in [4.78, 5) is 14.4. The highest BCUT2D eigenvalue weighted by molar-refractivity contribution is 7.89. The van der Waals surface area contributed by atoms with Gasteiger partial charge >= 0.3 is 0 Å². The zero-order valence-corrected chi connectivity index (χ0v) is 19.6. The number of benzene rings is 2. The van der Waals surface area contributed by atoms with Crippen LogP contribution >= 0.6 is 12.2 Å². The second kappa shape index (κ2) is 10.7. The first-order valence-corrected chi connectivity index (χ1v) is 11.9. The summed E-state index contributed by atoms with van der Waals surface area (Å²) in [5, 5.41) is 5.56. The zero-order chi connectivity index (χ0) is 23.1. The molecule has 0 atom stereocenters. The minimum absolute atomic E-state index is 0.115. The summed E-state index contributed by atoms with van der Waals surface area (Å²) in [5.41, 5.74) is 1.42. The number of nitrogens with one attached hydrogen (secondary N) is 2. The molecule has 0 spiro atoms. The Labute approximate surface area is 193 Å². The molecule has 1 heterocycles. The highest BCUT2D eigenvalue weighted by Crippen LogP contribution is 2.19. The largest absolute Gasteiger partial charge is 0.497 e. The number of anilines is 1. The summed E-state index contributed by atoms with van der Waals surface area (Å²) in [6, 6.07) is 13.6. The van der Waals surface area contributed by atoms with Gasteiger partial charge in [-0.25, -0.2) is 8.42 Å². The number of amides is 1. The molecule has 0 unspecified atom stereocenters. The van der Waals surface area contributed by atoms with Crippen LogP contribution < -0.4 is 15.4 Å². The van der Waals surface area contributed by atoms with E-state index < -0.39 is 10.0 Å². The molecule has 1 amide bonds. The van der Waals surface area contributed by atoms with Crippen LogP contribution in [-0.2, 0) is 14.8 Å². The SMILES string of the molecule is COc1ccc(/C=C\C(=O)NC(=S)Nc2ccc(S(=O)(=O)N3CCN(C)CC3)cc2)cc1. The molecule has 8 nitrogen and oxygen atoms in total. The summed E-state index contributed by atoms with van der Waals surface area (Å²) < 4.78 is 32.2. The van der Waals surface area contributed by atoms with E-state index in [1.807, 2.05) is 19.2 Å². The van der Waals surface area contributed by atoms with Gasteiger partial charge in [-0.05, 0) is 67.3 Å². The van der Waals surface area contributed by atoms with Gasteiger partial charge in [0.2, 0.25) is 15.9 Å². The highest BCUT2D eigenvalue weighted by atomic mass is 32.2. The molecule has 1 saturated heterocycles. The van der Waals surface area contributed by atoms with Crippen LogP contribution in [0, 0.1) is 0 Å². The quantitative estimate of drug-likeness (QED) is 0.490. The van der Waals surface area contributed by atoms with Crippen LogP contribution in [0.25, 0.3) is 6.08 Å². The summed E-state index contributed by atoms with van der Waals surface area (Å²) in [6.07, 6.45) is 3.04. The molecular weight excluding hydrogens is 448 g/mol. The van der Waals surface area contributed by atoms with E-state index in [0.717, 1.165) is 11.3 Å². The van der Waals surface area contributed by atoms with E-state index in [1.54, 1.807) is 37.5 Å². The predicted octanol–water partition coefficient (Wildman–Crippen LogP) is 2.16. The fraction of sp³-hybridized carbons (Fsp3) is 0.273. The van der Waals surface area contributed by atoms with Gasteiger partial charge in [-0.15, -0.1) is 0 Å². The van der Waals surface area contributed by atoms with E-state index in [4.69, 9.17) is 17.0 Å². The molecule has 3 rings (SSSR count). The molecule has 0 aliphatic carbocycles. The Hall–Kier alpha value is -2.79. The van der Waals surface area contributed by atoms with Crippen molar-refractivity contribution in [3.8, 4) is 5.75 Å². The fourth-order valence-electron chi connectivity index (χ4n) is 3.09. The van der Waals surface area contributed by atoms with Crippen LogP contribution in [0.15, 0.2) is 59.5 Å². The molecule has 0 aromatic heterocycles. The molecule has 170 valence electrons. The number of nitrogens with zero attached hydrogens (tertiary/aromatic N) is 2. The third kappa shape index (κ3) is 6.36. The van der Waals surface area contributed by atoms with E-state index in [9.17, 15) is 13.2 Å². The van der Waals surface area contributed by atoms with Crippen LogP contribution in [-0.4, -0.2) is 69.0 Å². The van der Waals surface area contributed by atoms with E-state index in [2.05, 4.69) is 15.5 Å². The first-order valence-electron chi connectivity index (χ1n) is 10.0. The topological polar surface area (TPSA) is 91.0 Å². The summed E-state index contributed by atoms with van der Waals surface area (Å²) in [5.74, 6) is 0.354. The maximum Gasteiger partial charge on any atom is 0.250 e. The standard InChI is InChI=1S/C22H26N4O4S2/c1-25-13-15-26(16-14-25)32(28,29)20-10-6-18(7-11-20)23-22(31)24-21(27)12-5-17-3-8-19(30-2)9-4-17/h3-12H,13-16H2,1-2H3,(H2,23,24,27,31)/b12-5-. The summed E-state index contributed by atoms with van der Waals surface area (Å²) >= 11 is 5.17. The molecule has 0 bridgehead atoms. The maximum absolute atomic E-state index is 12.8. The number of methoxy groups -OCH3 is 1. The molecule has 0 radical (unpaired) electrons. The van der Waals surface area contributed by atoms with Crippen LogP contribution in [0.3, 0.4) is 0 Å². The van der Waals surface area contributed by atoms with Gasteiger partial charge in [-0.1, -0.05) is 12.1 Å². The number of carbonyl (C=O) groups excluding carboxylic acids is 1. The Bertz CT molecular complexity index is 1080. The number of hydrogen-bond acceptors (Lipinski definition) is 6. The van der Waals surface area contributed by atoms with Crippen molar-refractivity contribution < 1.29 is 17.9 Å². The number of hydrogen-bond donors (Lipinski definition) is 2. The smallest absolute Gasteiger partial charge is 0.250 e. The molecule has 2 N–H and O–H groups in total. The Morgan fingerprint density at radius 1 is 1.03 bits per heavy atom. The molecule has 32 heavy (non-hydrogen) atoms. The minimum atomic E-state index is -3.53. The summed E-state index contributed by atoms with van der Waals surface area (Å²) in [7, 11) is 0.0341. The number of likely N-dealkylation sites (N-methyl/N-ethyl adjacent to an activating group) is 1. The Morgan fingerprint density at radius 3 is 2.25 bits per heavy atom. The Morgan fingerprint density at radius 2 is 1.66 bits per heavy atom. The van der Waals surface area contributed by atoms with Crippen molar-refractivity contribution in [2.24, 2.45) is 0 Å². The van der Waals surface area contributed by atoms with Crippen molar-refractivity contribution in [3.63, 3.8) is 0 Å². The van der Waals surface area contributed by atoms with E-state index in [1.165, 1.54) is 22.5 Å². The first kappa shape index (κ1) is 23.9. The fourth-order valence-corrected chi connectivity index (χ4v) is 4.73. The number of piperazine rings is 1. The average molecular weight is 475 g/mol. The molecule has 2 aromatic carbocycles. The minimum Gasteiger partial charge on any atom is -0.497 e. The number of carbonyl (C=O) groups is 1. The van der Waals surface area contributed by atoms with Gasteiger partial charge in [-0.3, -0.25) is 10.1 Å². The molecule has 1 aliphatic rings. The number of rotatable bonds is 6. The Balaban J connectivity index is 1.53. The second-order valence-corrected chi connectivity index (χ2v) is 9.63. The van der Waals surface area contributed by atoms with Crippen LogP contribution in [0.2, 0.25) is 0 Å². The lowest BCUT2D eigenvalue weighted by atomic mass is 10.2. The number of thiocarbonyl (C=S) groups is 1. The molecular formula is C22H26N4O4S2. The number of sulfonamides is 1. The van der Waals surface area contributed by atoms with E-state index in [0.29, 0.717) is 31.9 Å².